The molecule has 2 aliphatic rings. The smallest absolute Gasteiger partial charge is 0.228 e. The predicted octanol–water partition coefficient (Wildman–Crippen LogP) is 6.20. The minimum absolute atomic E-state index is 0.00175. The van der Waals surface area contributed by atoms with E-state index < -0.39 is 0 Å². The Balaban J connectivity index is 1.09. The highest BCUT2D eigenvalue weighted by atomic mass is 16.2. The molecule has 0 saturated carbocycles. The van der Waals surface area contributed by atoms with E-state index in [2.05, 4.69) is 75.2 Å². The van der Waals surface area contributed by atoms with Gasteiger partial charge in [-0.15, -0.1) is 0 Å². The van der Waals surface area contributed by atoms with Crippen molar-refractivity contribution in [3.8, 4) is 0 Å². The SMILES string of the molecule is O=C(NCc1cccc2ccccc12)[C@H]1C[C@@H](C(=O)Nc2ccc3c(c2)CCC3)CN(Cc2c[nH]c3ccccc23)C1. The third kappa shape index (κ3) is 5.42. The van der Waals surface area contributed by atoms with E-state index in [1.54, 1.807) is 0 Å². The Kier molecular flexibility index (Phi) is 7.22. The van der Waals surface area contributed by atoms with Gasteiger partial charge in [0.05, 0.1) is 11.8 Å². The molecular weight excluding hydrogens is 520 g/mol. The van der Waals surface area contributed by atoms with Gasteiger partial charge >= 0.3 is 0 Å². The van der Waals surface area contributed by atoms with Crippen molar-refractivity contribution in [2.45, 2.75) is 38.8 Å². The van der Waals surface area contributed by atoms with Crippen molar-refractivity contribution >= 4 is 39.2 Å². The number of hydrogen-bond acceptors (Lipinski definition) is 3. The number of piperidine rings is 1. The predicted molar refractivity (Wildman–Crippen MR) is 168 cm³/mol. The Morgan fingerprint density at radius 3 is 2.45 bits per heavy atom. The molecule has 7 rings (SSSR count). The van der Waals surface area contributed by atoms with Crippen LogP contribution in [0.4, 0.5) is 5.69 Å². The van der Waals surface area contributed by atoms with E-state index in [0.717, 1.165) is 40.4 Å². The van der Waals surface area contributed by atoms with Crippen LogP contribution in [0.5, 0.6) is 0 Å². The molecule has 1 saturated heterocycles. The summed E-state index contributed by atoms with van der Waals surface area (Å²) >= 11 is 0. The number of nitrogens with zero attached hydrogens (tertiary/aromatic N) is 1. The lowest BCUT2D eigenvalue weighted by Crippen LogP contribution is -2.48. The lowest BCUT2D eigenvalue weighted by Gasteiger charge is -2.36. The van der Waals surface area contributed by atoms with E-state index in [9.17, 15) is 9.59 Å². The van der Waals surface area contributed by atoms with Crippen LogP contribution in [0.25, 0.3) is 21.7 Å². The normalized spacial score (nSPS) is 18.7. The summed E-state index contributed by atoms with van der Waals surface area (Å²) in [6.45, 7) is 2.37. The van der Waals surface area contributed by atoms with Gasteiger partial charge in [-0.25, -0.2) is 0 Å². The van der Waals surface area contributed by atoms with Gasteiger partial charge < -0.3 is 15.6 Å². The molecule has 6 nitrogen and oxygen atoms in total. The molecule has 0 spiro atoms. The Labute approximate surface area is 246 Å². The number of aryl methyl sites for hydroxylation is 2. The van der Waals surface area contributed by atoms with Crippen molar-refractivity contribution in [2.24, 2.45) is 11.8 Å². The van der Waals surface area contributed by atoms with Crippen molar-refractivity contribution in [3.63, 3.8) is 0 Å². The molecule has 6 heteroatoms. The summed E-state index contributed by atoms with van der Waals surface area (Å²) in [6, 6.07) is 29.0. The Morgan fingerprint density at radius 2 is 1.55 bits per heavy atom. The number of anilines is 1. The van der Waals surface area contributed by atoms with Gasteiger partial charge in [-0.2, -0.15) is 0 Å². The fourth-order valence-electron chi connectivity index (χ4n) is 6.87. The van der Waals surface area contributed by atoms with Crippen molar-refractivity contribution in [3.05, 3.63) is 113 Å². The molecule has 3 N–H and O–H groups in total. The molecule has 212 valence electrons. The molecule has 2 heterocycles. The molecule has 1 aromatic heterocycles. The maximum atomic E-state index is 13.6. The van der Waals surface area contributed by atoms with Crippen LogP contribution in [-0.4, -0.2) is 34.8 Å². The lowest BCUT2D eigenvalue weighted by atomic mass is 9.87. The average molecular weight is 557 g/mol. The second-order valence-corrected chi connectivity index (χ2v) is 11.9. The number of carbonyl (C=O) groups is 2. The largest absolute Gasteiger partial charge is 0.361 e. The van der Waals surface area contributed by atoms with Gasteiger partial charge in [0.2, 0.25) is 11.8 Å². The fourth-order valence-corrected chi connectivity index (χ4v) is 6.87. The van der Waals surface area contributed by atoms with Gasteiger partial charge in [-0.3, -0.25) is 14.5 Å². The number of fused-ring (bicyclic) bond motifs is 3. The quantitative estimate of drug-likeness (QED) is 0.223. The van der Waals surface area contributed by atoms with Crippen LogP contribution in [0.15, 0.2) is 91.1 Å². The maximum absolute atomic E-state index is 13.6. The lowest BCUT2D eigenvalue weighted by molar-refractivity contribution is -0.130. The topological polar surface area (TPSA) is 77.2 Å². The summed E-state index contributed by atoms with van der Waals surface area (Å²) in [5.74, 6) is -0.578. The second-order valence-electron chi connectivity index (χ2n) is 11.9. The van der Waals surface area contributed by atoms with Crippen LogP contribution < -0.4 is 10.6 Å². The van der Waals surface area contributed by atoms with Crippen LogP contribution >= 0.6 is 0 Å². The molecule has 1 aliphatic heterocycles. The molecule has 42 heavy (non-hydrogen) atoms. The number of nitrogens with one attached hydrogen (secondary N) is 3. The van der Waals surface area contributed by atoms with Crippen LogP contribution in [-0.2, 0) is 35.5 Å². The zero-order chi connectivity index (χ0) is 28.5. The van der Waals surface area contributed by atoms with Crippen molar-refractivity contribution in [1.29, 1.82) is 0 Å². The third-order valence-corrected chi connectivity index (χ3v) is 9.04. The molecule has 4 aromatic carbocycles. The van der Waals surface area contributed by atoms with Crippen LogP contribution in [0, 0.1) is 11.8 Å². The van der Waals surface area contributed by atoms with E-state index in [4.69, 9.17) is 0 Å². The molecule has 2 amide bonds. The highest BCUT2D eigenvalue weighted by Gasteiger charge is 2.35. The second kappa shape index (κ2) is 11.5. The third-order valence-electron chi connectivity index (χ3n) is 9.04. The number of likely N-dealkylation sites (tertiary alicyclic amines) is 1. The van der Waals surface area contributed by atoms with Crippen molar-refractivity contribution in [2.75, 3.05) is 18.4 Å². The summed E-state index contributed by atoms with van der Waals surface area (Å²) in [5, 5.41) is 9.88. The molecule has 2 atom stereocenters. The van der Waals surface area contributed by atoms with E-state index in [1.807, 2.05) is 36.4 Å². The first-order valence-electron chi connectivity index (χ1n) is 15.0. The first-order chi connectivity index (χ1) is 20.6. The first-order valence-corrected chi connectivity index (χ1v) is 15.0. The number of benzene rings is 4. The summed E-state index contributed by atoms with van der Waals surface area (Å²) in [4.78, 5) is 32.9. The Bertz CT molecular complexity index is 1770. The molecule has 0 bridgehead atoms. The minimum Gasteiger partial charge on any atom is -0.361 e. The first kappa shape index (κ1) is 26.5. The summed E-state index contributed by atoms with van der Waals surface area (Å²) in [6.07, 6.45) is 5.94. The standard InChI is InChI=1S/C36H36N4O2/c41-35(38-19-27-11-6-9-25-7-1-2-12-32(25)27)28-17-29(36(42)39-31-16-15-24-8-5-10-26(24)18-31)22-40(21-28)23-30-20-37-34-14-4-3-13-33(30)34/h1-4,6-7,9,11-16,18,20,28-29,37H,5,8,10,17,19,21-23H2,(H,38,41)(H,39,42)/t28-,29+/m0/s1. The number of para-hydroxylation sites is 1. The monoisotopic (exact) mass is 556 g/mol. The zero-order valence-corrected chi connectivity index (χ0v) is 23.7. The Hall–Kier alpha value is -4.42. The molecule has 0 unspecified atom stereocenters. The summed E-state index contributed by atoms with van der Waals surface area (Å²) in [7, 11) is 0. The van der Waals surface area contributed by atoms with Crippen LogP contribution in [0.3, 0.4) is 0 Å². The van der Waals surface area contributed by atoms with Gasteiger partial charge in [-0.05, 0) is 76.9 Å². The van der Waals surface area contributed by atoms with Crippen molar-refractivity contribution in [1.82, 2.24) is 15.2 Å². The van der Waals surface area contributed by atoms with E-state index in [0.29, 0.717) is 32.6 Å². The fraction of sp³-hybridized carbons (Fsp3) is 0.278. The number of H-pyrrole nitrogens is 1. The van der Waals surface area contributed by atoms with Crippen LogP contribution in [0.2, 0.25) is 0 Å². The molecular formula is C36H36N4O2. The highest BCUT2D eigenvalue weighted by molar-refractivity contribution is 5.94. The molecule has 1 aliphatic carbocycles. The molecule has 1 fully saturated rings. The summed E-state index contributed by atoms with van der Waals surface area (Å²) in [5.41, 5.74) is 6.95. The van der Waals surface area contributed by atoms with E-state index >= 15 is 0 Å². The highest BCUT2D eigenvalue weighted by Crippen LogP contribution is 2.29. The molecule has 0 radical (unpaired) electrons. The number of amides is 2. The number of aromatic amines is 1. The van der Waals surface area contributed by atoms with E-state index in [-0.39, 0.29) is 23.7 Å². The van der Waals surface area contributed by atoms with Gasteiger partial charge in [0.25, 0.3) is 0 Å². The summed E-state index contributed by atoms with van der Waals surface area (Å²) < 4.78 is 0. The van der Waals surface area contributed by atoms with Gasteiger partial charge in [0.15, 0.2) is 0 Å². The Morgan fingerprint density at radius 1 is 0.786 bits per heavy atom. The number of aromatic nitrogens is 1. The number of rotatable bonds is 7. The van der Waals surface area contributed by atoms with E-state index in [1.165, 1.54) is 28.5 Å². The average Bonchev–Trinajstić information content (AvgIpc) is 3.66. The minimum atomic E-state index is -0.287. The van der Waals surface area contributed by atoms with Crippen molar-refractivity contribution < 1.29 is 9.59 Å². The van der Waals surface area contributed by atoms with Gasteiger partial charge in [0, 0.05) is 49.0 Å². The van der Waals surface area contributed by atoms with Gasteiger partial charge in [0.1, 0.15) is 0 Å². The van der Waals surface area contributed by atoms with Crippen LogP contribution in [0.1, 0.15) is 35.1 Å². The maximum Gasteiger partial charge on any atom is 0.228 e. The zero-order valence-electron chi connectivity index (χ0n) is 23.7. The number of carbonyl (C=O) groups excluding carboxylic acids is 2. The van der Waals surface area contributed by atoms with Gasteiger partial charge in [-0.1, -0.05) is 66.7 Å². The number of hydrogen-bond donors (Lipinski definition) is 3. The molecule has 5 aromatic rings.